The molecule has 0 spiro atoms. The Morgan fingerprint density at radius 1 is 1.26 bits per heavy atom. The Morgan fingerprint density at radius 3 is 2.32 bits per heavy atom. The quantitative estimate of drug-likeness (QED) is 0.772. The second-order valence-corrected chi connectivity index (χ2v) is 7.29. The van der Waals surface area contributed by atoms with Crippen LogP contribution < -0.4 is 10.6 Å². The number of carbonyl (C=O) groups excluding carboxylic acids is 1. The molecular formula is C16H28N2O. The van der Waals surface area contributed by atoms with Crippen molar-refractivity contribution in [3.05, 3.63) is 0 Å². The molecule has 3 fully saturated rings. The lowest BCUT2D eigenvalue weighted by Gasteiger charge is -2.32. The molecule has 3 aliphatic rings. The molecule has 0 aromatic rings. The summed E-state index contributed by atoms with van der Waals surface area (Å²) in [7, 11) is 0. The SMILES string of the molecule is CC(C)C1(C(=O)NCC(C2CC2)C2CC2)CCNC1. The first kappa shape index (κ1) is 13.4. The van der Waals surface area contributed by atoms with Crippen LogP contribution in [0.3, 0.4) is 0 Å². The summed E-state index contributed by atoms with van der Waals surface area (Å²) in [5, 5.41) is 6.68. The van der Waals surface area contributed by atoms with Gasteiger partial charge in [-0.05, 0) is 62.3 Å². The van der Waals surface area contributed by atoms with Gasteiger partial charge in [-0.15, -0.1) is 0 Å². The zero-order valence-electron chi connectivity index (χ0n) is 12.4. The zero-order valence-corrected chi connectivity index (χ0v) is 12.4. The number of hydrogen-bond acceptors (Lipinski definition) is 2. The van der Waals surface area contributed by atoms with Crippen molar-refractivity contribution >= 4 is 5.91 Å². The molecule has 0 aromatic heterocycles. The summed E-state index contributed by atoms with van der Waals surface area (Å²) in [5.74, 6) is 3.35. The second-order valence-electron chi connectivity index (χ2n) is 7.29. The van der Waals surface area contributed by atoms with Gasteiger partial charge in [0.05, 0.1) is 5.41 Å². The van der Waals surface area contributed by atoms with E-state index in [4.69, 9.17) is 0 Å². The van der Waals surface area contributed by atoms with Crippen molar-refractivity contribution in [2.75, 3.05) is 19.6 Å². The predicted octanol–water partition coefficient (Wildman–Crippen LogP) is 2.17. The van der Waals surface area contributed by atoms with E-state index in [2.05, 4.69) is 24.5 Å². The van der Waals surface area contributed by atoms with E-state index in [1.165, 1.54) is 25.7 Å². The van der Waals surface area contributed by atoms with E-state index in [9.17, 15) is 4.79 Å². The van der Waals surface area contributed by atoms with E-state index in [0.717, 1.165) is 43.8 Å². The fourth-order valence-electron chi connectivity index (χ4n) is 3.81. The van der Waals surface area contributed by atoms with Crippen molar-refractivity contribution in [3.8, 4) is 0 Å². The maximum absolute atomic E-state index is 12.6. The smallest absolute Gasteiger partial charge is 0.227 e. The number of rotatable bonds is 6. The van der Waals surface area contributed by atoms with Gasteiger partial charge in [-0.3, -0.25) is 4.79 Å². The minimum atomic E-state index is -0.155. The summed E-state index contributed by atoms with van der Waals surface area (Å²) in [5.41, 5.74) is -0.155. The van der Waals surface area contributed by atoms with Crippen LogP contribution in [0.5, 0.6) is 0 Å². The lowest BCUT2D eigenvalue weighted by molar-refractivity contribution is -0.132. The van der Waals surface area contributed by atoms with Crippen LogP contribution in [-0.2, 0) is 4.79 Å². The monoisotopic (exact) mass is 264 g/mol. The largest absolute Gasteiger partial charge is 0.355 e. The lowest BCUT2D eigenvalue weighted by Crippen LogP contribution is -2.47. The fourth-order valence-corrected chi connectivity index (χ4v) is 3.81. The summed E-state index contributed by atoms with van der Waals surface area (Å²) < 4.78 is 0. The highest BCUT2D eigenvalue weighted by atomic mass is 16.2. The third kappa shape index (κ3) is 2.67. The molecule has 2 saturated carbocycles. The molecule has 19 heavy (non-hydrogen) atoms. The molecule has 3 heteroatoms. The van der Waals surface area contributed by atoms with Gasteiger partial charge in [-0.1, -0.05) is 13.8 Å². The van der Waals surface area contributed by atoms with E-state index in [1.54, 1.807) is 0 Å². The highest BCUT2D eigenvalue weighted by Gasteiger charge is 2.45. The van der Waals surface area contributed by atoms with Gasteiger partial charge in [0, 0.05) is 13.1 Å². The Labute approximate surface area is 116 Å². The number of amides is 1. The summed E-state index contributed by atoms with van der Waals surface area (Å²) in [6.45, 7) is 7.15. The molecule has 1 heterocycles. The van der Waals surface area contributed by atoms with E-state index < -0.39 is 0 Å². The second kappa shape index (κ2) is 5.08. The Bertz CT molecular complexity index is 327. The first-order valence-electron chi connectivity index (χ1n) is 8.12. The van der Waals surface area contributed by atoms with Gasteiger partial charge in [-0.2, -0.15) is 0 Å². The molecule has 1 amide bonds. The molecule has 1 atom stereocenters. The van der Waals surface area contributed by atoms with Crippen LogP contribution in [0, 0.1) is 29.1 Å². The Hall–Kier alpha value is -0.570. The highest BCUT2D eigenvalue weighted by molar-refractivity contribution is 5.83. The minimum Gasteiger partial charge on any atom is -0.355 e. The Kier molecular flexibility index (Phi) is 3.59. The van der Waals surface area contributed by atoms with Crippen molar-refractivity contribution in [2.24, 2.45) is 29.1 Å². The molecule has 0 aromatic carbocycles. The van der Waals surface area contributed by atoms with Gasteiger partial charge in [0.2, 0.25) is 5.91 Å². The summed E-state index contributed by atoms with van der Waals surface area (Å²) in [6, 6.07) is 0. The normalized spacial score (nSPS) is 31.2. The van der Waals surface area contributed by atoms with Crippen LogP contribution in [0.4, 0.5) is 0 Å². The summed E-state index contributed by atoms with van der Waals surface area (Å²) in [6.07, 6.45) is 6.58. The predicted molar refractivity (Wildman–Crippen MR) is 76.7 cm³/mol. The molecule has 3 rings (SSSR count). The van der Waals surface area contributed by atoms with Crippen LogP contribution in [-0.4, -0.2) is 25.5 Å². The maximum atomic E-state index is 12.6. The molecular weight excluding hydrogens is 236 g/mol. The first-order chi connectivity index (χ1) is 9.13. The van der Waals surface area contributed by atoms with E-state index >= 15 is 0 Å². The third-order valence-corrected chi connectivity index (χ3v) is 5.70. The standard InChI is InChI=1S/C16H28N2O/c1-11(2)16(7-8-17-10-16)15(19)18-9-14(12-3-4-12)13-5-6-13/h11-14,17H,3-10H2,1-2H3,(H,18,19). The topological polar surface area (TPSA) is 41.1 Å². The molecule has 1 unspecified atom stereocenters. The van der Waals surface area contributed by atoms with Crippen molar-refractivity contribution in [1.82, 2.24) is 10.6 Å². The average molecular weight is 264 g/mol. The minimum absolute atomic E-state index is 0.155. The van der Waals surface area contributed by atoms with Crippen molar-refractivity contribution < 1.29 is 4.79 Å². The first-order valence-corrected chi connectivity index (χ1v) is 8.12. The van der Waals surface area contributed by atoms with Crippen LogP contribution in [0.1, 0.15) is 46.0 Å². The van der Waals surface area contributed by atoms with Gasteiger partial charge in [0.15, 0.2) is 0 Å². The van der Waals surface area contributed by atoms with Crippen LogP contribution in [0.25, 0.3) is 0 Å². The highest BCUT2D eigenvalue weighted by Crippen LogP contribution is 2.49. The van der Waals surface area contributed by atoms with Crippen molar-refractivity contribution in [1.29, 1.82) is 0 Å². The Morgan fingerprint density at radius 2 is 1.89 bits per heavy atom. The lowest BCUT2D eigenvalue weighted by atomic mass is 9.75. The molecule has 1 aliphatic heterocycles. The van der Waals surface area contributed by atoms with Crippen LogP contribution >= 0.6 is 0 Å². The van der Waals surface area contributed by atoms with Gasteiger partial charge >= 0.3 is 0 Å². The van der Waals surface area contributed by atoms with Crippen molar-refractivity contribution in [3.63, 3.8) is 0 Å². The summed E-state index contributed by atoms with van der Waals surface area (Å²) in [4.78, 5) is 12.6. The van der Waals surface area contributed by atoms with E-state index in [-0.39, 0.29) is 5.41 Å². The zero-order chi connectivity index (χ0) is 13.5. The molecule has 0 radical (unpaired) electrons. The maximum Gasteiger partial charge on any atom is 0.227 e. The number of nitrogens with one attached hydrogen (secondary N) is 2. The molecule has 108 valence electrons. The molecule has 2 N–H and O–H groups in total. The third-order valence-electron chi connectivity index (χ3n) is 5.70. The van der Waals surface area contributed by atoms with Crippen LogP contribution in [0.15, 0.2) is 0 Å². The molecule has 1 saturated heterocycles. The van der Waals surface area contributed by atoms with E-state index in [0.29, 0.717) is 11.8 Å². The van der Waals surface area contributed by atoms with Gasteiger partial charge in [0.25, 0.3) is 0 Å². The van der Waals surface area contributed by atoms with Crippen LogP contribution in [0.2, 0.25) is 0 Å². The summed E-state index contributed by atoms with van der Waals surface area (Å²) >= 11 is 0. The molecule has 0 bridgehead atoms. The average Bonchev–Trinajstić information content (AvgIpc) is 3.30. The van der Waals surface area contributed by atoms with Gasteiger partial charge in [0.1, 0.15) is 0 Å². The van der Waals surface area contributed by atoms with Gasteiger partial charge in [-0.25, -0.2) is 0 Å². The number of carbonyl (C=O) groups is 1. The Balaban J connectivity index is 1.57. The van der Waals surface area contributed by atoms with Crippen molar-refractivity contribution in [2.45, 2.75) is 46.0 Å². The van der Waals surface area contributed by atoms with E-state index in [1.807, 2.05) is 0 Å². The molecule has 3 nitrogen and oxygen atoms in total. The van der Waals surface area contributed by atoms with Gasteiger partial charge < -0.3 is 10.6 Å². The number of hydrogen-bond donors (Lipinski definition) is 2. The fraction of sp³-hybridized carbons (Fsp3) is 0.938. The molecule has 2 aliphatic carbocycles.